The highest BCUT2D eigenvalue weighted by Gasteiger charge is 2.20. The van der Waals surface area contributed by atoms with E-state index in [1.807, 2.05) is 6.92 Å². The number of carbonyl (C=O) groups excluding carboxylic acids is 1. The van der Waals surface area contributed by atoms with Crippen molar-refractivity contribution in [3.63, 3.8) is 0 Å². The Morgan fingerprint density at radius 2 is 2.25 bits per heavy atom. The van der Waals surface area contributed by atoms with Gasteiger partial charge in [0, 0.05) is 13.5 Å². The molecule has 0 aliphatic heterocycles. The Balaban J connectivity index is 3.72. The highest BCUT2D eigenvalue weighted by molar-refractivity contribution is 7.51. The predicted octanol–water partition coefficient (Wildman–Crippen LogP) is 1.04. The van der Waals surface area contributed by atoms with Crippen molar-refractivity contribution >= 4 is 13.7 Å². The normalized spacial score (nSPS) is 15.2. The molecular weight excluding hydrogens is 181 g/mol. The Labute approximate surface area is 71.7 Å². The molecule has 0 rings (SSSR count). The molecule has 1 atom stereocenters. The molecule has 0 aromatic heterocycles. The summed E-state index contributed by atoms with van der Waals surface area (Å²) in [7, 11) is -3.88. The second-order valence-corrected chi connectivity index (χ2v) is 3.90. The van der Waals surface area contributed by atoms with Gasteiger partial charge in [0.15, 0.2) is 0 Å². The summed E-state index contributed by atoms with van der Waals surface area (Å²) in [4.78, 5) is 19.2. The van der Waals surface area contributed by atoms with Crippen LogP contribution in [-0.2, 0) is 13.9 Å². The van der Waals surface area contributed by atoms with Crippen molar-refractivity contribution in [2.45, 2.75) is 26.7 Å². The first-order chi connectivity index (χ1) is 5.48. The number of hydrogen-bond acceptors (Lipinski definition) is 3. The monoisotopic (exact) mass is 195 g/mol. The van der Waals surface area contributed by atoms with Gasteiger partial charge in [0.2, 0.25) is 0 Å². The van der Waals surface area contributed by atoms with Crippen LogP contribution in [0, 0.1) is 0 Å². The molecule has 0 saturated carbocycles. The topological polar surface area (TPSA) is 75.6 Å². The van der Waals surface area contributed by atoms with E-state index in [9.17, 15) is 9.36 Å². The molecule has 12 heavy (non-hydrogen) atoms. The van der Waals surface area contributed by atoms with Crippen molar-refractivity contribution < 1.29 is 18.8 Å². The van der Waals surface area contributed by atoms with Gasteiger partial charge in [0.05, 0.1) is 0 Å². The van der Waals surface area contributed by atoms with E-state index in [2.05, 4.69) is 9.61 Å². The molecule has 0 fully saturated rings. The fraction of sp³-hybridized carbons (Fsp3) is 0.833. The molecule has 0 aromatic rings. The van der Waals surface area contributed by atoms with E-state index in [-0.39, 0.29) is 0 Å². The van der Waals surface area contributed by atoms with Gasteiger partial charge < -0.3 is 9.42 Å². The molecule has 6 heteroatoms. The summed E-state index contributed by atoms with van der Waals surface area (Å²) >= 11 is 0. The highest BCUT2D eigenvalue weighted by atomic mass is 31.2. The Hall–Kier alpha value is -0.380. The van der Waals surface area contributed by atoms with E-state index in [4.69, 9.17) is 4.89 Å². The molecule has 0 aliphatic carbocycles. The molecule has 0 spiro atoms. The number of nitrogens with one attached hydrogen (secondary N) is 1. The Bertz CT molecular complexity index is 194. The van der Waals surface area contributed by atoms with E-state index >= 15 is 0 Å². The van der Waals surface area contributed by atoms with Crippen LogP contribution < -0.4 is 5.09 Å². The lowest BCUT2D eigenvalue weighted by molar-refractivity contribution is -0.132. The maximum absolute atomic E-state index is 10.9. The van der Waals surface area contributed by atoms with Gasteiger partial charge in [-0.05, 0) is 6.42 Å². The van der Waals surface area contributed by atoms with Crippen LogP contribution >= 0.6 is 7.75 Å². The Kier molecular flexibility index (Phi) is 5.13. The summed E-state index contributed by atoms with van der Waals surface area (Å²) in [6.45, 7) is 3.41. The van der Waals surface area contributed by atoms with Crippen molar-refractivity contribution in [1.29, 1.82) is 0 Å². The van der Waals surface area contributed by atoms with Crippen LogP contribution in [0.25, 0.3) is 0 Å². The minimum absolute atomic E-state index is 0.373. The third-order valence-corrected chi connectivity index (χ3v) is 2.22. The van der Waals surface area contributed by atoms with Crippen molar-refractivity contribution in [2.24, 2.45) is 0 Å². The lowest BCUT2D eigenvalue weighted by Gasteiger charge is -2.10. The second-order valence-electron chi connectivity index (χ2n) is 2.36. The summed E-state index contributed by atoms with van der Waals surface area (Å²) in [5.41, 5.74) is 0. The average molecular weight is 195 g/mol. The third-order valence-electron chi connectivity index (χ3n) is 1.09. The zero-order valence-corrected chi connectivity index (χ0v) is 8.13. The first-order valence-corrected chi connectivity index (χ1v) is 5.34. The smallest absolute Gasteiger partial charge is 0.380 e. The molecule has 0 aromatic carbocycles. The molecule has 5 nitrogen and oxygen atoms in total. The quantitative estimate of drug-likeness (QED) is 0.506. The van der Waals surface area contributed by atoms with E-state index in [0.717, 1.165) is 19.8 Å². The number of hydrogen-bond donors (Lipinski definition) is 2. The third kappa shape index (κ3) is 6.34. The summed E-state index contributed by atoms with van der Waals surface area (Å²) in [5, 5.41) is 2.26. The predicted molar refractivity (Wildman–Crippen MR) is 44.5 cm³/mol. The van der Waals surface area contributed by atoms with Crippen LogP contribution in [0.3, 0.4) is 0 Å². The summed E-state index contributed by atoms with van der Waals surface area (Å²) < 4.78 is 15.0. The Morgan fingerprint density at radius 1 is 1.67 bits per heavy atom. The molecule has 2 N–H and O–H groups in total. The van der Waals surface area contributed by atoms with Crippen molar-refractivity contribution in [3.05, 3.63) is 0 Å². The zero-order valence-electron chi connectivity index (χ0n) is 7.24. The van der Waals surface area contributed by atoms with Gasteiger partial charge in [-0.1, -0.05) is 13.3 Å². The molecule has 0 heterocycles. The fourth-order valence-corrected chi connectivity index (χ4v) is 1.46. The SMILES string of the molecule is CCCCNP(=O)(O)OC(C)=O. The van der Waals surface area contributed by atoms with Crippen molar-refractivity contribution in [2.75, 3.05) is 6.54 Å². The van der Waals surface area contributed by atoms with Crippen LogP contribution in [0.15, 0.2) is 0 Å². The van der Waals surface area contributed by atoms with Gasteiger partial charge in [0.1, 0.15) is 0 Å². The molecule has 0 amide bonds. The van der Waals surface area contributed by atoms with Crippen LogP contribution in [-0.4, -0.2) is 17.4 Å². The minimum atomic E-state index is -3.88. The highest BCUT2D eigenvalue weighted by Crippen LogP contribution is 2.36. The van der Waals surface area contributed by atoms with Crippen LogP contribution in [0.2, 0.25) is 0 Å². The number of carbonyl (C=O) groups is 1. The van der Waals surface area contributed by atoms with Crippen molar-refractivity contribution in [3.8, 4) is 0 Å². The number of rotatable bonds is 5. The molecule has 1 unspecified atom stereocenters. The van der Waals surface area contributed by atoms with Crippen LogP contribution in [0.5, 0.6) is 0 Å². The van der Waals surface area contributed by atoms with Gasteiger partial charge in [-0.3, -0.25) is 4.79 Å². The molecule has 72 valence electrons. The molecular formula is C6H14NO4P. The standard InChI is InChI=1S/C6H14NO4P/c1-3-4-5-7-12(9,10)11-6(2)8/h3-5H2,1-2H3,(H2,7,9,10). The molecule has 0 bridgehead atoms. The first-order valence-electron chi connectivity index (χ1n) is 3.76. The zero-order chi connectivity index (χ0) is 9.61. The van der Waals surface area contributed by atoms with E-state index in [1.54, 1.807) is 0 Å². The van der Waals surface area contributed by atoms with Gasteiger partial charge in [-0.2, -0.15) is 0 Å². The molecule has 0 radical (unpaired) electrons. The second kappa shape index (κ2) is 5.30. The molecule has 0 saturated heterocycles. The minimum Gasteiger partial charge on any atom is -0.380 e. The van der Waals surface area contributed by atoms with E-state index < -0.39 is 13.7 Å². The van der Waals surface area contributed by atoms with Gasteiger partial charge in [-0.15, -0.1) is 0 Å². The maximum Gasteiger partial charge on any atom is 0.458 e. The van der Waals surface area contributed by atoms with Gasteiger partial charge >= 0.3 is 13.7 Å². The molecule has 0 aliphatic rings. The Morgan fingerprint density at radius 3 is 2.67 bits per heavy atom. The summed E-state index contributed by atoms with van der Waals surface area (Å²) in [6.07, 6.45) is 1.68. The van der Waals surface area contributed by atoms with Crippen molar-refractivity contribution in [1.82, 2.24) is 5.09 Å². The van der Waals surface area contributed by atoms with Gasteiger partial charge in [0.25, 0.3) is 0 Å². The summed E-state index contributed by atoms with van der Waals surface area (Å²) in [5.74, 6) is -0.759. The van der Waals surface area contributed by atoms with Crippen LogP contribution in [0.1, 0.15) is 26.7 Å². The summed E-state index contributed by atoms with van der Waals surface area (Å²) in [6, 6.07) is 0. The average Bonchev–Trinajstić information content (AvgIpc) is 1.84. The van der Waals surface area contributed by atoms with Crippen LogP contribution in [0.4, 0.5) is 0 Å². The lowest BCUT2D eigenvalue weighted by atomic mass is 10.3. The fourth-order valence-electron chi connectivity index (χ4n) is 0.604. The first kappa shape index (κ1) is 11.6. The maximum atomic E-state index is 10.9. The van der Waals surface area contributed by atoms with E-state index in [1.165, 1.54) is 0 Å². The number of unbranched alkanes of at least 4 members (excludes halogenated alkanes) is 1. The van der Waals surface area contributed by atoms with E-state index in [0.29, 0.717) is 6.54 Å². The largest absolute Gasteiger partial charge is 0.458 e. The van der Waals surface area contributed by atoms with Gasteiger partial charge in [-0.25, -0.2) is 9.65 Å². The lowest BCUT2D eigenvalue weighted by Crippen LogP contribution is -2.15.